The van der Waals surface area contributed by atoms with Gasteiger partial charge in [-0.25, -0.2) is 9.97 Å². The van der Waals surface area contributed by atoms with E-state index in [-0.39, 0.29) is 5.91 Å². The molecule has 2 heterocycles. The topological polar surface area (TPSA) is 67.4 Å². The van der Waals surface area contributed by atoms with Crippen molar-refractivity contribution in [1.82, 2.24) is 9.97 Å². The number of piperidine rings is 1. The summed E-state index contributed by atoms with van der Waals surface area (Å²) in [6.45, 7) is 5.14. The Kier molecular flexibility index (Phi) is 5.71. The van der Waals surface area contributed by atoms with E-state index in [1.54, 1.807) is 13.2 Å². The first-order valence-corrected chi connectivity index (χ1v) is 9.17. The number of carbonyl (C=O) groups excluding carboxylic acids is 1. The van der Waals surface area contributed by atoms with Gasteiger partial charge < -0.3 is 15.0 Å². The molecule has 1 aliphatic heterocycles. The molecule has 1 saturated heterocycles. The van der Waals surface area contributed by atoms with Crippen LogP contribution in [0.1, 0.15) is 48.7 Å². The number of hydrogen-bond acceptors (Lipinski definition) is 5. The Morgan fingerprint density at radius 2 is 2.15 bits per heavy atom. The van der Waals surface area contributed by atoms with Crippen LogP contribution in [0.5, 0.6) is 5.75 Å². The highest BCUT2D eigenvalue weighted by atomic mass is 16.5. The lowest BCUT2D eigenvalue weighted by Crippen LogP contribution is -2.39. The van der Waals surface area contributed by atoms with E-state index >= 15 is 0 Å². The molecule has 1 aromatic heterocycles. The molecule has 0 bridgehead atoms. The van der Waals surface area contributed by atoms with Gasteiger partial charge in [-0.2, -0.15) is 0 Å². The molecule has 138 valence electrons. The zero-order valence-corrected chi connectivity index (χ0v) is 15.7. The molecule has 1 unspecified atom stereocenters. The van der Waals surface area contributed by atoms with Crippen molar-refractivity contribution in [3.05, 3.63) is 41.9 Å². The van der Waals surface area contributed by atoms with Crippen LogP contribution in [0.15, 0.2) is 30.6 Å². The molecule has 1 amide bonds. The van der Waals surface area contributed by atoms with E-state index in [1.165, 1.54) is 19.2 Å². The highest BCUT2D eigenvalue weighted by molar-refractivity contribution is 6.04. The van der Waals surface area contributed by atoms with Gasteiger partial charge in [-0.3, -0.25) is 4.79 Å². The number of ether oxygens (including phenoxy) is 1. The van der Waals surface area contributed by atoms with Crippen LogP contribution in [0.25, 0.3) is 0 Å². The fourth-order valence-corrected chi connectivity index (χ4v) is 3.46. The molecule has 3 rings (SSSR count). The number of nitrogens with zero attached hydrogens (tertiary/aromatic N) is 3. The van der Waals surface area contributed by atoms with Crippen molar-refractivity contribution in [2.75, 3.05) is 23.9 Å². The Morgan fingerprint density at radius 1 is 1.31 bits per heavy atom. The molecule has 1 N–H and O–H groups in total. The molecule has 0 radical (unpaired) electrons. The number of hydrogen-bond donors (Lipinski definition) is 1. The average molecular weight is 354 g/mol. The summed E-state index contributed by atoms with van der Waals surface area (Å²) in [6.07, 6.45) is 6.12. The lowest BCUT2D eigenvalue weighted by Gasteiger charge is -2.36. The number of amides is 1. The van der Waals surface area contributed by atoms with Gasteiger partial charge in [0.05, 0.1) is 12.8 Å². The van der Waals surface area contributed by atoms with E-state index in [4.69, 9.17) is 4.74 Å². The maximum absolute atomic E-state index is 12.7. The Hall–Kier alpha value is -2.63. The van der Waals surface area contributed by atoms with Crippen molar-refractivity contribution in [3.8, 4) is 5.75 Å². The van der Waals surface area contributed by atoms with Crippen molar-refractivity contribution < 1.29 is 9.53 Å². The van der Waals surface area contributed by atoms with E-state index in [0.717, 1.165) is 30.8 Å². The minimum atomic E-state index is -0.261. The molecule has 6 heteroatoms. The van der Waals surface area contributed by atoms with Crippen LogP contribution in [0.3, 0.4) is 0 Å². The third kappa shape index (κ3) is 3.95. The second kappa shape index (κ2) is 8.17. The van der Waals surface area contributed by atoms with Gasteiger partial charge in [0, 0.05) is 18.7 Å². The lowest BCUT2D eigenvalue weighted by atomic mass is 10.00. The monoisotopic (exact) mass is 354 g/mol. The van der Waals surface area contributed by atoms with Gasteiger partial charge in [0.1, 0.15) is 23.6 Å². The molecule has 0 aliphatic carbocycles. The van der Waals surface area contributed by atoms with Gasteiger partial charge in [0.15, 0.2) is 0 Å². The summed E-state index contributed by atoms with van der Waals surface area (Å²) in [5.74, 6) is 1.19. The summed E-state index contributed by atoms with van der Waals surface area (Å²) in [5, 5.41) is 2.90. The third-order valence-corrected chi connectivity index (χ3v) is 4.88. The molecule has 6 nitrogen and oxygen atoms in total. The minimum Gasteiger partial charge on any atom is -0.495 e. The van der Waals surface area contributed by atoms with E-state index in [1.807, 2.05) is 25.1 Å². The maximum atomic E-state index is 12.7. The van der Waals surface area contributed by atoms with Gasteiger partial charge in [-0.1, -0.05) is 13.0 Å². The highest BCUT2D eigenvalue weighted by Crippen LogP contribution is 2.27. The van der Waals surface area contributed by atoms with Crippen LogP contribution >= 0.6 is 0 Å². The molecule has 0 saturated carbocycles. The largest absolute Gasteiger partial charge is 0.495 e. The highest BCUT2D eigenvalue weighted by Gasteiger charge is 2.23. The number of nitrogens with one attached hydrogen (secondary N) is 1. The molecule has 1 aromatic carbocycles. The molecular weight excluding hydrogens is 328 g/mol. The van der Waals surface area contributed by atoms with Gasteiger partial charge >= 0.3 is 0 Å². The fourth-order valence-electron chi connectivity index (χ4n) is 3.46. The van der Waals surface area contributed by atoms with Gasteiger partial charge in [-0.05, 0) is 50.3 Å². The molecule has 1 aliphatic rings. The van der Waals surface area contributed by atoms with E-state index in [9.17, 15) is 4.79 Å². The second-order valence-corrected chi connectivity index (χ2v) is 6.67. The zero-order valence-electron chi connectivity index (χ0n) is 15.7. The van der Waals surface area contributed by atoms with Crippen LogP contribution in [-0.2, 0) is 0 Å². The number of benzene rings is 1. The first kappa shape index (κ1) is 18.2. The molecule has 1 fully saturated rings. The average Bonchev–Trinajstić information content (AvgIpc) is 2.68. The molecule has 2 aromatic rings. The van der Waals surface area contributed by atoms with Crippen LogP contribution in [0.4, 0.5) is 11.5 Å². The third-order valence-electron chi connectivity index (χ3n) is 4.88. The van der Waals surface area contributed by atoms with Gasteiger partial charge in [0.25, 0.3) is 5.91 Å². The predicted octanol–water partition coefficient (Wildman–Crippen LogP) is 3.81. The Labute approximate surface area is 154 Å². The van der Waals surface area contributed by atoms with E-state index < -0.39 is 0 Å². The standard InChI is InChI=1S/C20H26N4O2/c1-4-15-7-5-6-10-24(15)19-12-17(21-13-22-19)20(25)23-16-11-14(2)8-9-18(16)26-3/h8-9,11-13,15H,4-7,10H2,1-3H3,(H,23,25). The number of methoxy groups -OCH3 is 1. The normalized spacial score (nSPS) is 17.0. The number of carbonyl (C=O) groups is 1. The minimum absolute atomic E-state index is 0.261. The van der Waals surface area contributed by atoms with Gasteiger partial charge in [0.2, 0.25) is 0 Å². The number of aromatic nitrogens is 2. The summed E-state index contributed by atoms with van der Waals surface area (Å²) in [5.41, 5.74) is 2.05. The number of aryl methyl sites for hydroxylation is 1. The van der Waals surface area contributed by atoms with E-state index in [2.05, 4.69) is 27.1 Å². The van der Waals surface area contributed by atoms with Crippen LogP contribution < -0.4 is 15.0 Å². The van der Waals surface area contributed by atoms with E-state index in [0.29, 0.717) is 23.2 Å². The number of rotatable bonds is 5. The van der Waals surface area contributed by atoms with Crippen molar-refractivity contribution in [1.29, 1.82) is 0 Å². The molecule has 26 heavy (non-hydrogen) atoms. The Balaban J connectivity index is 1.81. The van der Waals surface area contributed by atoms with Crippen LogP contribution in [-0.4, -0.2) is 35.6 Å². The maximum Gasteiger partial charge on any atom is 0.274 e. The quantitative estimate of drug-likeness (QED) is 0.884. The van der Waals surface area contributed by atoms with Crippen molar-refractivity contribution in [3.63, 3.8) is 0 Å². The summed E-state index contributed by atoms with van der Waals surface area (Å²) in [7, 11) is 1.59. The van der Waals surface area contributed by atoms with Crippen LogP contribution in [0.2, 0.25) is 0 Å². The first-order chi connectivity index (χ1) is 12.6. The molecular formula is C20H26N4O2. The van der Waals surface area contributed by atoms with Crippen molar-refractivity contribution in [2.24, 2.45) is 0 Å². The number of anilines is 2. The smallest absolute Gasteiger partial charge is 0.274 e. The fraction of sp³-hybridized carbons (Fsp3) is 0.450. The first-order valence-electron chi connectivity index (χ1n) is 9.17. The van der Waals surface area contributed by atoms with Gasteiger partial charge in [-0.15, -0.1) is 0 Å². The van der Waals surface area contributed by atoms with Crippen LogP contribution in [0, 0.1) is 6.92 Å². The second-order valence-electron chi connectivity index (χ2n) is 6.67. The summed E-state index contributed by atoms with van der Waals surface area (Å²) >= 11 is 0. The zero-order chi connectivity index (χ0) is 18.5. The summed E-state index contributed by atoms with van der Waals surface area (Å²) < 4.78 is 5.33. The molecule has 1 atom stereocenters. The summed E-state index contributed by atoms with van der Waals surface area (Å²) in [4.78, 5) is 23.6. The SMILES string of the molecule is CCC1CCCCN1c1cc(C(=O)Nc2cc(C)ccc2OC)ncn1. The lowest BCUT2D eigenvalue weighted by molar-refractivity contribution is 0.102. The molecule has 0 spiro atoms. The predicted molar refractivity (Wildman–Crippen MR) is 103 cm³/mol. The van der Waals surface area contributed by atoms with Crippen molar-refractivity contribution >= 4 is 17.4 Å². The van der Waals surface area contributed by atoms with Crippen molar-refractivity contribution in [2.45, 2.75) is 45.6 Å². The summed E-state index contributed by atoms with van der Waals surface area (Å²) in [6, 6.07) is 7.93. The Bertz CT molecular complexity index is 778. The Morgan fingerprint density at radius 3 is 2.92 bits per heavy atom.